The molecule has 118 valence electrons. The lowest BCUT2D eigenvalue weighted by Crippen LogP contribution is -2.39. The SMILES string of the molecule is O=C(c1cnc[nH]1)N1CCC(n2cc(-c3ccsc3)nn2)CC1. The maximum absolute atomic E-state index is 12.3. The number of hydrogen-bond donors (Lipinski definition) is 1. The van der Waals surface area contributed by atoms with Crippen molar-refractivity contribution in [3.63, 3.8) is 0 Å². The first-order valence-electron chi connectivity index (χ1n) is 7.53. The average molecular weight is 328 g/mol. The van der Waals surface area contributed by atoms with Gasteiger partial charge in [-0.3, -0.25) is 4.79 Å². The molecule has 3 aromatic rings. The van der Waals surface area contributed by atoms with E-state index in [9.17, 15) is 4.79 Å². The second kappa shape index (κ2) is 5.96. The summed E-state index contributed by atoms with van der Waals surface area (Å²) in [5.41, 5.74) is 2.55. The number of likely N-dealkylation sites (tertiary alicyclic amines) is 1. The van der Waals surface area contributed by atoms with Crippen LogP contribution in [0.3, 0.4) is 0 Å². The lowest BCUT2D eigenvalue weighted by molar-refractivity contribution is 0.0684. The molecule has 7 nitrogen and oxygen atoms in total. The van der Waals surface area contributed by atoms with Crippen LogP contribution in [0.15, 0.2) is 35.5 Å². The van der Waals surface area contributed by atoms with Crippen LogP contribution in [-0.4, -0.2) is 48.9 Å². The van der Waals surface area contributed by atoms with Crippen molar-refractivity contribution in [3.8, 4) is 11.3 Å². The number of hydrogen-bond acceptors (Lipinski definition) is 5. The van der Waals surface area contributed by atoms with Crippen LogP contribution in [0, 0.1) is 0 Å². The zero-order chi connectivity index (χ0) is 15.6. The predicted molar refractivity (Wildman–Crippen MR) is 86.1 cm³/mol. The summed E-state index contributed by atoms with van der Waals surface area (Å²) in [7, 11) is 0. The van der Waals surface area contributed by atoms with E-state index in [-0.39, 0.29) is 5.91 Å². The molecule has 0 radical (unpaired) electrons. The summed E-state index contributed by atoms with van der Waals surface area (Å²) in [6.45, 7) is 1.44. The van der Waals surface area contributed by atoms with E-state index < -0.39 is 0 Å². The van der Waals surface area contributed by atoms with Gasteiger partial charge in [-0.25, -0.2) is 9.67 Å². The third kappa shape index (κ3) is 2.77. The van der Waals surface area contributed by atoms with Crippen molar-refractivity contribution < 1.29 is 4.79 Å². The highest BCUT2D eigenvalue weighted by Gasteiger charge is 2.26. The molecule has 8 heteroatoms. The van der Waals surface area contributed by atoms with E-state index in [0.29, 0.717) is 11.7 Å². The number of aromatic nitrogens is 5. The first kappa shape index (κ1) is 14.1. The molecule has 0 spiro atoms. The molecule has 1 aliphatic heterocycles. The van der Waals surface area contributed by atoms with Gasteiger partial charge in [0.05, 0.1) is 24.8 Å². The Morgan fingerprint density at radius 2 is 2.22 bits per heavy atom. The van der Waals surface area contributed by atoms with Gasteiger partial charge in [0.1, 0.15) is 11.4 Å². The summed E-state index contributed by atoms with van der Waals surface area (Å²) < 4.78 is 1.94. The minimum atomic E-state index is 0.0125. The molecule has 4 rings (SSSR count). The summed E-state index contributed by atoms with van der Waals surface area (Å²) in [5.74, 6) is 0.0125. The highest BCUT2D eigenvalue weighted by atomic mass is 32.1. The van der Waals surface area contributed by atoms with Gasteiger partial charge in [-0.15, -0.1) is 5.10 Å². The third-order valence-corrected chi connectivity index (χ3v) is 4.86. The molecule has 0 unspecified atom stereocenters. The van der Waals surface area contributed by atoms with Crippen molar-refractivity contribution in [2.75, 3.05) is 13.1 Å². The van der Waals surface area contributed by atoms with Crippen molar-refractivity contribution >= 4 is 17.2 Å². The van der Waals surface area contributed by atoms with E-state index in [4.69, 9.17) is 0 Å². The van der Waals surface area contributed by atoms with Crippen LogP contribution in [0.5, 0.6) is 0 Å². The Labute approximate surface area is 137 Å². The van der Waals surface area contributed by atoms with Crippen LogP contribution in [0.25, 0.3) is 11.3 Å². The molecule has 0 atom stereocenters. The van der Waals surface area contributed by atoms with Crippen LogP contribution in [0.2, 0.25) is 0 Å². The van der Waals surface area contributed by atoms with Crippen molar-refractivity contribution in [3.05, 3.63) is 41.2 Å². The van der Waals surface area contributed by atoms with Crippen LogP contribution in [-0.2, 0) is 0 Å². The molecule has 0 bridgehead atoms. The summed E-state index contributed by atoms with van der Waals surface area (Å²) in [5, 5.41) is 12.6. The Morgan fingerprint density at radius 3 is 2.91 bits per heavy atom. The third-order valence-electron chi connectivity index (χ3n) is 4.18. The number of carbonyl (C=O) groups is 1. The molecule has 1 fully saturated rings. The summed E-state index contributed by atoms with van der Waals surface area (Å²) in [4.78, 5) is 20.9. The molecule has 1 saturated heterocycles. The first-order chi connectivity index (χ1) is 11.3. The molecule has 4 heterocycles. The zero-order valence-electron chi connectivity index (χ0n) is 12.4. The second-order valence-electron chi connectivity index (χ2n) is 5.58. The number of imidazole rings is 1. The monoisotopic (exact) mass is 328 g/mol. The molecule has 1 N–H and O–H groups in total. The number of rotatable bonds is 3. The number of nitrogens with zero attached hydrogens (tertiary/aromatic N) is 5. The maximum atomic E-state index is 12.3. The van der Waals surface area contributed by atoms with E-state index in [1.807, 2.05) is 27.2 Å². The number of nitrogens with one attached hydrogen (secondary N) is 1. The van der Waals surface area contributed by atoms with Gasteiger partial charge in [-0.1, -0.05) is 5.21 Å². The van der Waals surface area contributed by atoms with E-state index >= 15 is 0 Å². The zero-order valence-corrected chi connectivity index (χ0v) is 13.2. The topological polar surface area (TPSA) is 79.7 Å². The minimum Gasteiger partial charge on any atom is -0.341 e. The highest BCUT2D eigenvalue weighted by Crippen LogP contribution is 2.25. The summed E-state index contributed by atoms with van der Waals surface area (Å²) >= 11 is 1.65. The number of aromatic amines is 1. The average Bonchev–Trinajstić information content (AvgIpc) is 3.36. The maximum Gasteiger partial charge on any atom is 0.271 e. The Bertz CT molecular complexity index is 771. The molecular formula is C15H16N6OS. The molecule has 0 aliphatic carbocycles. The largest absolute Gasteiger partial charge is 0.341 e. The van der Waals surface area contributed by atoms with Gasteiger partial charge in [0.2, 0.25) is 0 Å². The molecule has 1 amide bonds. The molecule has 0 saturated carbocycles. The van der Waals surface area contributed by atoms with Gasteiger partial charge in [0.25, 0.3) is 5.91 Å². The molecular weight excluding hydrogens is 312 g/mol. The fraction of sp³-hybridized carbons (Fsp3) is 0.333. The Morgan fingerprint density at radius 1 is 1.35 bits per heavy atom. The van der Waals surface area contributed by atoms with Crippen molar-refractivity contribution in [2.45, 2.75) is 18.9 Å². The first-order valence-corrected chi connectivity index (χ1v) is 8.47. The number of carbonyl (C=O) groups excluding carboxylic acids is 1. The van der Waals surface area contributed by atoms with Gasteiger partial charge in [0.15, 0.2) is 0 Å². The summed E-state index contributed by atoms with van der Waals surface area (Å²) in [6, 6.07) is 2.34. The van der Waals surface area contributed by atoms with Gasteiger partial charge in [-0.05, 0) is 24.3 Å². The number of thiophene rings is 1. The van der Waals surface area contributed by atoms with Crippen LogP contribution in [0.1, 0.15) is 29.4 Å². The van der Waals surface area contributed by atoms with Crippen molar-refractivity contribution in [1.29, 1.82) is 0 Å². The van der Waals surface area contributed by atoms with Crippen molar-refractivity contribution in [1.82, 2.24) is 29.9 Å². The molecule has 0 aromatic carbocycles. The van der Waals surface area contributed by atoms with Crippen LogP contribution in [0.4, 0.5) is 0 Å². The second-order valence-corrected chi connectivity index (χ2v) is 6.36. The van der Waals surface area contributed by atoms with Gasteiger partial charge in [0, 0.05) is 24.0 Å². The van der Waals surface area contributed by atoms with Crippen LogP contribution >= 0.6 is 11.3 Å². The molecule has 3 aromatic heterocycles. The van der Waals surface area contributed by atoms with Gasteiger partial charge < -0.3 is 9.88 Å². The Hall–Kier alpha value is -2.48. The highest BCUT2D eigenvalue weighted by molar-refractivity contribution is 7.08. The number of amides is 1. The standard InChI is InChI=1S/C15H16N6OS/c22-15(13-7-16-10-17-13)20-4-1-12(2-5-20)21-8-14(18-19-21)11-3-6-23-9-11/h3,6-10,12H,1-2,4-5H2,(H,16,17). The fourth-order valence-corrected chi connectivity index (χ4v) is 3.52. The Kier molecular flexibility index (Phi) is 3.66. The summed E-state index contributed by atoms with van der Waals surface area (Å²) in [6.07, 6.45) is 6.86. The number of H-pyrrole nitrogens is 1. The van der Waals surface area contributed by atoms with Crippen molar-refractivity contribution in [2.24, 2.45) is 0 Å². The van der Waals surface area contributed by atoms with Gasteiger partial charge in [-0.2, -0.15) is 11.3 Å². The lowest BCUT2D eigenvalue weighted by atomic mass is 10.0. The normalized spacial score (nSPS) is 15.9. The predicted octanol–water partition coefficient (Wildman–Crippen LogP) is 2.21. The molecule has 1 aliphatic rings. The smallest absolute Gasteiger partial charge is 0.271 e. The van der Waals surface area contributed by atoms with E-state index in [0.717, 1.165) is 37.2 Å². The molecule has 23 heavy (non-hydrogen) atoms. The van der Waals surface area contributed by atoms with E-state index in [1.54, 1.807) is 17.5 Å². The fourth-order valence-electron chi connectivity index (χ4n) is 2.87. The Balaban J connectivity index is 1.41. The minimum absolute atomic E-state index is 0.0125. The van der Waals surface area contributed by atoms with Crippen LogP contribution < -0.4 is 0 Å². The lowest BCUT2D eigenvalue weighted by Gasteiger charge is -2.31. The van der Waals surface area contributed by atoms with E-state index in [1.165, 1.54) is 6.33 Å². The number of piperidine rings is 1. The quantitative estimate of drug-likeness (QED) is 0.799. The van der Waals surface area contributed by atoms with Gasteiger partial charge >= 0.3 is 0 Å². The van der Waals surface area contributed by atoms with E-state index in [2.05, 4.69) is 25.7 Å².